The van der Waals surface area contributed by atoms with E-state index in [0.29, 0.717) is 4.75 Å². The summed E-state index contributed by atoms with van der Waals surface area (Å²) in [5.74, 6) is 0.0174. The topological polar surface area (TPSA) is 55.1 Å². The Morgan fingerprint density at radius 2 is 2.27 bits per heavy atom. The summed E-state index contributed by atoms with van der Waals surface area (Å²) < 4.78 is 0.333. The summed E-state index contributed by atoms with van der Waals surface area (Å²) in [4.78, 5) is 11.6. The summed E-state index contributed by atoms with van der Waals surface area (Å²) >= 11 is 1.85. The van der Waals surface area contributed by atoms with Crippen LogP contribution in [0.15, 0.2) is 0 Å². The van der Waals surface area contributed by atoms with Gasteiger partial charge < -0.3 is 11.1 Å². The highest BCUT2D eigenvalue weighted by atomic mass is 32.2. The van der Waals surface area contributed by atoms with Crippen molar-refractivity contribution in [3.63, 3.8) is 0 Å². The van der Waals surface area contributed by atoms with Gasteiger partial charge in [-0.2, -0.15) is 11.8 Å². The highest BCUT2D eigenvalue weighted by Crippen LogP contribution is 2.46. The smallest absolute Gasteiger partial charge is 0.236 e. The van der Waals surface area contributed by atoms with Gasteiger partial charge in [-0.1, -0.05) is 19.8 Å². The van der Waals surface area contributed by atoms with Crippen LogP contribution >= 0.6 is 11.8 Å². The quantitative estimate of drug-likeness (QED) is 0.697. The fourth-order valence-electron chi connectivity index (χ4n) is 1.53. The van der Waals surface area contributed by atoms with Gasteiger partial charge in [0, 0.05) is 11.3 Å². The number of unbranched alkanes of at least 4 members (excludes halogenated alkanes) is 1. The maximum absolute atomic E-state index is 11.6. The van der Waals surface area contributed by atoms with Crippen molar-refractivity contribution in [2.45, 2.75) is 49.8 Å². The van der Waals surface area contributed by atoms with E-state index < -0.39 is 0 Å². The molecular formula is C11H22N2OS. The van der Waals surface area contributed by atoms with E-state index in [-0.39, 0.29) is 11.9 Å². The maximum atomic E-state index is 11.6. The van der Waals surface area contributed by atoms with Crippen molar-refractivity contribution in [3.05, 3.63) is 0 Å². The third-order valence-electron chi connectivity index (χ3n) is 3.03. The van der Waals surface area contributed by atoms with E-state index in [1.165, 1.54) is 12.8 Å². The van der Waals surface area contributed by atoms with E-state index in [9.17, 15) is 4.79 Å². The van der Waals surface area contributed by atoms with Crippen LogP contribution in [0, 0.1) is 0 Å². The Kier molecular flexibility index (Phi) is 4.93. The van der Waals surface area contributed by atoms with E-state index >= 15 is 0 Å². The van der Waals surface area contributed by atoms with Gasteiger partial charge in [-0.25, -0.2) is 0 Å². The van der Waals surface area contributed by atoms with Crippen molar-refractivity contribution in [2.24, 2.45) is 5.73 Å². The number of thioether (sulfide) groups is 1. The number of carbonyl (C=O) groups excluding carboxylic acids is 1. The minimum Gasteiger partial charge on any atom is -0.353 e. The van der Waals surface area contributed by atoms with Gasteiger partial charge in [0.2, 0.25) is 5.91 Å². The lowest BCUT2D eigenvalue weighted by atomic mass is 10.1. The number of hydrogen-bond acceptors (Lipinski definition) is 3. The third kappa shape index (κ3) is 4.03. The lowest BCUT2D eigenvalue weighted by molar-refractivity contribution is -0.122. The molecule has 0 spiro atoms. The van der Waals surface area contributed by atoms with Gasteiger partial charge in [0.15, 0.2) is 0 Å². The van der Waals surface area contributed by atoms with Crippen LogP contribution in [0.2, 0.25) is 0 Å². The molecule has 88 valence electrons. The number of carbonyl (C=O) groups is 1. The predicted octanol–water partition coefficient (Wildman–Crippen LogP) is 1.52. The highest BCUT2D eigenvalue weighted by molar-refractivity contribution is 8.00. The summed E-state index contributed by atoms with van der Waals surface area (Å²) in [5.41, 5.74) is 5.78. The largest absolute Gasteiger partial charge is 0.353 e. The monoisotopic (exact) mass is 230 g/mol. The average Bonchev–Trinajstić information content (AvgIpc) is 3.03. The highest BCUT2D eigenvalue weighted by Gasteiger charge is 2.42. The number of nitrogens with one attached hydrogen (secondary N) is 1. The Labute approximate surface area is 96.6 Å². The van der Waals surface area contributed by atoms with Crippen molar-refractivity contribution in [2.75, 3.05) is 12.8 Å². The van der Waals surface area contributed by atoms with Crippen LogP contribution in [0.1, 0.15) is 39.0 Å². The van der Waals surface area contributed by atoms with Gasteiger partial charge in [0.05, 0.1) is 6.04 Å². The standard InChI is InChI=1S/C11H22N2OS/c1-3-4-5-9(12)10(14)13-8-11(15-2)6-7-11/h9H,3-8,12H2,1-2H3,(H,13,14)/t9-/m0/s1. The molecule has 3 N–H and O–H groups in total. The van der Waals surface area contributed by atoms with Crippen LogP contribution in [0.3, 0.4) is 0 Å². The van der Waals surface area contributed by atoms with Crippen LogP contribution in [-0.4, -0.2) is 29.5 Å². The number of amides is 1. The molecule has 15 heavy (non-hydrogen) atoms. The van der Waals surface area contributed by atoms with Gasteiger partial charge in [0.1, 0.15) is 0 Å². The van der Waals surface area contributed by atoms with E-state index in [1.54, 1.807) is 0 Å². The number of hydrogen-bond donors (Lipinski definition) is 2. The minimum atomic E-state index is -0.317. The second-order valence-electron chi connectivity index (χ2n) is 4.35. The minimum absolute atomic E-state index is 0.0174. The summed E-state index contributed by atoms with van der Waals surface area (Å²) in [7, 11) is 0. The SMILES string of the molecule is CCCC[C@H](N)C(=O)NCC1(SC)CC1. The van der Waals surface area contributed by atoms with Crippen molar-refractivity contribution >= 4 is 17.7 Å². The molecule has 0 radical (unpaired) electrons. The first-order valence-electron chi connectivity index (χ1n) is 5.72. The van der Waals surface area contributed by atoms with Crippen LogP contribution < -0.4 is 11.1 Å². The van der Waals surface area contributed by atoms with Crippen molar-refractivity contribution < 1.29 is 4.79 Å². The molecular weight excluding hydrogens is 208 g/mol. The van der Waals surface area contributed by atoms with E-state index in [2.05, 4.69) is 18.5 Å². The lowest BCUT2D eigenvalue weighted by Crippen LogP contribution is -2.43. The second kappa shape index (κ2) is 5.75. The van der Waals surface area contributed by atoms with Crippen molar-refractivity contribution in [1.29, 1.82) is 0 Å². The Morgan fingerprint density at radius 1 is 1.60 bits per heavy atom. The molecule has 0 aliphatic heterocycles. The number of nitrogens with two attached hydrogens (primary N) is 1. The number of rotatable bonds is 7. The van der Waals surface area contributed by atoms with Crippen molar-refractivity contribution in [3.8, 4) is 0 Å². The zero-order chi connectivity index (χ0) is 11.3. The molecule has 0 saturated heterocycles. The summed E-state index contributed by atoms with van der Waals surface area (Å²) in [6.45, 7) is 2.89. The molecule has 4 heteroatoms. The lowest BCUT2D eigenvalue weighted by Gasteiger charge is -2.16. The van der Waals surface area contributed by atoms with Crippen LogP contribution in [0.4, 0.5) is 0 Å². The molecule has 0 aromatic carbocycles. The summed E-state index contributed by atoms with van der Waals surface area (Å²) in [6.07, 6.45) is 7.47. The Morgan fingerprint density at radius 3 is 2.73 bits per heavy atom. The molecule has 0 aromatic rings. The zero-order valence-corrected chi connectivity index (χ0v) is 10.5. The van der Waals surface area contributed by atoms with E-state index in [4.69, 9.17) is 5.73 Å². The van der Waals surface area contributed by atoms with Gasteiger partial charge in [-0.15, -0.1) is 0 Å². The van der Waals surface area contributed by atoms with Gasteiger partial charge >= 0.3 is 0 Å². The molecule has 1 amide bonds. The van der Waals surface area contributed by atoms with E-state index in [0.717, 1.165) is 25.8 Å². The first-order chi connectivity index (χ1) is 7.13. The summed E-state index contributed by atoms with van der Waals surface area (Å²) in [6, 6.07) is -0.317. The molecule has 1 saturated carbocycles. The molecule has 1 aliphatic carbocycles. The van der Waals surface area contributed by atoms with Gasteiger partial charge in [-0.05, 0) is 25.5 Å². The molecule has 0 bridgehead atoms. The third-order valence-corrected chi connectivity index (χ3v) is 4.45. The first-order valence-corrected chi connectivity index (χ1v) is 6.94. The first kappa shape index (κ1) is 12.8. The molecule has 0 aromatic heterocycles. The Hall–Kier alpha value is -0.220. The fraction of sp³-hybridized carbons (Fsp3) is 0.909. The van der Waals surface area contributed by atoms with Crippen LogP contribution in [0.5, 0.6) is 0 Å². The molecule has 1 fully saturated rings. The summed E-state index contributed by atoms with van der Waals surface area (Å²) in [5, 5.41) is 2.96. The normalized spacial score (nSPS) is 19.7. The maximum Gasteiger partial charge on any atom is 0.236 e. The van der Waals surface area contributed by atoms with Crippen molar-refractivity contribution in [1.82, 2.24) is 5.32 Å². The van der Waals surface area contributed by atoms with Crippen LogP contribution in [0.25, 0.3) is 0 Å². The fourth-order valence-corrected chi connectivity index (χ4v) is 2.25. The Bertz CT molecular complexity index is 217. The molecule has 3 nitrogen and oxygen atoms in total. The van der Waals surface area contributed by atoms with E-state index in [1.807, 2.05) is 11.8 Å². The molecule has 1 rings (SSSR count). The van der Waals surface area contributed by atoms with Gasteiger partial charge in [0.25, 0.3) is 0 Å². The zero-order valence-electron chi connectivity index (χ0n) is 9.71. The van der Waals surface area contributed by atoms with Crippen LogP contribution in [-0.2, 0) is 4.79 Å². The predicted molar refractivity (Wildman–Crippen MR) is 66.0 cm³/mol. The van der Waals surface area contributed by atoms with Gasteiger partial charge in [-0.3, -0.25) is 4.79 Å². The second-order valence-corrected chi connectivity index (χ2v) is 5.63. The molecule has 0 unspecified atom stereocenters. The molecule has 1 aliphatic rings. The molecule has 1 atom stereocenters. The molecule has 0 heterocycles. The Balaban J connectivity index is 2.17. The average molecular weight is 230 g/mol.